The van der Waals surface area contributed by atoms with E-state index < -0.39 is 34.9 Å². The van der Waals surface area contributed by atoms with Crippen LogP contribution in [0.4, 0.5) is 26.3 Å². The number of carboxylic acid groups (broad SMARTS) is 1. The number of hydrogen-bond acceptors (Lipinski definition) is 5. The molecule has 1 amide bonds. The molecule has 3 rings (SSSR count). The normalized spacial score (nSPS) is 12.3. The third-order valence-electron chi connectivity index (χ3n) is 4.61. The van der Waals surface area contributed by atoms with Gasteiger partial charge in [-0.3, -0.25) is 9.59 Å². The highest BCUT2D eigenvalue weighted by atomic mass is 32.1. The Morgan fingerprint density at radius 1 is 0.971 bits per heavy atom. The SMILES string of the molecule is CC(c1cc(-c2ccccc2)[nH+][nH]1)N(C)C(=O)c1ccc(C(=O)C(F)(F)F)s1.O=C([O-])C(F)(F)F. The number of carbonyl (C=O) groups excluding carboxylic acids is 3. The van der Waals surface area contributed by atoms with Gasteiger partial charge in [-0.1, -0.05) is 18.2 Å². The number of hydrogen-bond donors (Lipinski definition) is 1. The lowest BCUT2D eigenvalue weighted by Gasteiger charge is -2.22. The number of rotatable bonds is 5. The number of Topliss-reactive ketones (excluding diaryl/α,β-unsaturated/α-hetero) is 1. The highest BCUT2D eigenvalue weighted by molar-refractivity contribution is 7.16. The van der Waals surface area contributed by atoms with Crippen LogP contribution in [0.25, 0.3) is 11.3 Å². The number of aromatic amines is 2. The molecule has 0 radical (unpaired) electrons. The van der Waals surface area contributed by atoms with Crippen LogP contribution in [-0.4, -0.2) is 47.1 Å². The second kappa shape index (κ2) is 10.7. The van der Waals surface area contributed by atoms with E-state index in [9.17, 15) is 35.9 Å². The van der Waals surface area contributed by atoms with Crippen LogP contribution in [0.1, 0.15) is 38.0 Å². The van der Waals surface area contributed by atoms with E-state index in [0.29, 0.717) is 11.3 Å². The number of amides is 1. The number of benzene rings is 1. The molecule has 188 valence electrons. The zero-order valence-electron chi connectivity index (χ0n) is 18.0. The Balaban J connectivity index is 0.000000540. The summed E-state index contributed by atoms with van der Waals surface area (Å²) in [4.78, 5) is 33.7. The number of ketones is 1. The average molecular weight is 521 g/mol. The fraction of sp³-hybridized carbons (Fsp3) is 0.238. The number of thiophene rings is 1. The molecular formula is C21H17F6N3O4S. The van der Waals surface area contributed by atoms with Crippen LogP contribution in [-0.2, 0) is 4.79 Å². The number of nitrogens with one attached hydrogen (secondary N) is 2. The number of carboxylic acids is 1. The minimum absolute atomic E-state index is 0.0702. The smallest absolute Gasteiger partial charge is 0.455 e. The number of carbonyl (C=O) groups is 3. The van der Waals surface area contributed by atoms with Crippen molar-refractivity contribution in [3.8, 4) is 11.3 Å². The molecule has 2 aromatic heterocycles. The van der Waals surface area contributed by atoms with Gasteiger partial charge in [-0.2, -0.15) is 31.4 Å². The molecule has 1 aromatic carbocycles. The van der Waals surface area contributed by atoms with Gasteiger partial charge in [0.25, 0.3) is 11.7 Å². The van der Waals surface area contributed by atoms with E-state index >= 15 is 0 Å². The molecule has 0 aliphatic heterocycles. The largest absolute Gasteiger partial charge is 0.542 e. The van der Waals surface area contributed by atoms with E-state index in [1.807, 2.05) is 36.4 Å². The van der Waals surface area contributed by atoms with Gasteiger partial charge in [0.15, 0.2) is 0 Å². The number of halogens is 6. The van der Waals surface area contributed by atoms with Crippen molar-refractivity contribution in [2.45, 2.75) is 25.3 Å². The first-order valence-electron chi connectivity index (χ1n) is 9.55. The molecule has 0 spiro atoms. The Morgan fingerprint density at radius 2 is 1.51 bits per heavy atom. The van der Waals surface area contributed by atoms with Crippen molar-refractivity contribution >= 4 is 29.0 Å². The van der Waals surface area contributed by atoms with Crippen molar-refractivity contribution in [1.82, 2.24) is 10.00 Å². The number of aliphatic carboxylic acids is 1. The summed E-state index contributed by atoms with van der Waals surface area (Å²) in [6.45, 7) is 1.79. The lowest BCUT2D eigenvalue weighted by atomic mass is 10.1. The molecule has 0 bridgehead atoms. The standard InChI is InChI=1S/C19H16F3N3O2S.C2HF3O2/c1-11(13-10-14(24-23-13)12-6-4-3-5-7-12)25(2)18(27)16-9-8-15(28-16)17(26)19(20,21)22;3-2(4,5)1(6)7/h3-11H,1-2H3,(H,23,24);(H,6,7). The summed E-state index contributed by atoms with van der Waals surface area (Å²) in [6.07, 6.45) is -10.2. The summed E-state index contributed by atoms with van der Waals surface area (Å²) in [5, 5.41) is 14.8. The highest BCUT2D eigenvalue weighted by Gasteiger charge is 2.40. The van der Waals surface area contributed by atoms with Gasteiger partial charge < -0.3 is 14.8 Å². The van der Waals surface area contributed by atoms with Gasteiger partial charge in [-0.05, 0) is 31.2 Å². The van der Waals surface area contributed by atoms with Crippen molar-refractivity contribution in [2.24, 2.45) is 0 Å². The maximum atomic E-state index is 12.6. The average Bonchev–Trinajstić information content (AvgIpc) is 3.47. The van der Waals surface area contributed by atoms with Crippen LogP contribution >= 0.6 is 11.3 Å². The molecular weight excluding hydrogens is 504 g/mol. The highest BCUT2D eigenvalue weighted by Crippen LogP contribution is 2.29. The third-order valence-corrected chi connectivity index (χ3v) is 5.68. The Labute approximate surface area is 198 Å². The number of nitrogens with zero attached hydrogens (tertiary/aromatic N) is 1. The molecule has 0 saturated heterocycles. The van der Waals surface area contributed by atoms with Crippen molar-refractivity contribution in [1.29, 1.82) is 0 Å². The van der Waals surface area contributed by atoms with Crippen LogP contribution in [0.2, 0.25) is 0 Å². The zero-order chi connectivity index (χ0) is 26.6. The summed E-state index contributed by atoms with van der Waals surface area (Å²) in [7, 11) is 1.56. The molecule has 0 fully saturated rings. The maximum Gasteiger partial charge on any atom is 0.455 e. The molecule has 2 N–H and O–H groups in total. The second-order valence-corrected chi connectivity index (χ2v) is 8.08. The zero-order valence-corrected chi connectivity index (χ0v) is 18.8. The van der Waals surface area contributed by atoms with E-state index in [0.717, 1.165) is 23.0 Å². The minimum atomic E-state index is -5.19. The van der Waals surface area contributed by atoms with Crippen LogP contribution in [0.15, 0.2) is 48.5 Å². The van der Waals surface area contributed by atoms with E-state index in [-0.39, 0.29) is 10.9 Å². The summed E-state index contributed by atoms with van der Waals surface area (Å²) < 4.78 is 69.2. The summed E-state index contributed by atoms with van der Waals surface area (Å²) in [5.74, 6) is -5.42. The molecule has 1 atom stereocenters. The van der Waals surface area contributed by atoms with Crippen molar-refractivity contribution in [3.05, 3.63) is 64.0 Å². The Bertz CT molecular complexity index is 1190. The van der Waals surface area contributed by atoms with Crippen LogP contribution in [0.3, 0.4) is 0 Å². The van der Waals surface area contributed by atoms with E-state index in [4.69, 9.17) is 9.90 Å². The van der Waals surface area contributed by atoms with E-state index in [1.54, 1.807) is 14.0 Å². The Morgan fingerprint density at radius 3 is 2.03 bits per heavy atom. The summed E-state index contributed by atoms with van der Waals surface area (Å²) >= 11 is 0.540. The number of alkyl halides is 6. The number of H-pyrrole nitrogens is 2. The fourth-order valence-electron chi connectivity index (χ4n) is 2.64. The third kappa shape index (κ3) is 7.15. The number of aromatic nitrogens is 2. The summed E-state index contributed by atoms with van der Waals surface area (Å²) in [5.41, 5.74) is 2.55. The summed E-state index contributed by atoms with van der Waals surface area (Å²) in [6, 6.07) is 13.4. The van der Waals surface area contributed by atoms with Crippen molar-refractivity contribution in [2.75, 3.05) is 7.05 Å². The molecule has 0 aliphatic rings. The van der Waals surface area contributed by atoms with E-state index in [1.165, 1.54) is 11.0 Å². The quantitative estimate of drug-likeness (QED) is 0.410. The van der Waals surface area contributed by atoms with Gasteiger partial charge in [-0.25, -0.2) is 0 Å². The predicted octanol–water partition coefficient (Wildman–Crippen LogP) is 3.43. The van der Waals surface area contributed by atoms with Gasteiger partial charge >= 0.3 is 12.4 Å². The molecule has 1 unspecified atom stereocenters. The molecule has 7 nitrogen and oxygen atoms in total. The van der Waals surface area contributed by atoms with Crippen LogP contribution < -0.4 is 10.2 Å². The topological polar surface area (TPSA) is 107 Å². The van der Waals surface area contributed by atoms with Gasteiger partial charge in [0, 0.05) is 18.7 Å². The Hall–Kier alpha value is -3.68. The first-order chi connectivity index (χ1) is 16.1. The van der Waals surface area contributed by atoms with E-state index in [2.05, 4.69) is 10.2 Å². The van der Waals surface area contributed by atoms with Gasteiger partial charge in [0.05, 0.1) is 15.8 Å². The first kappa shape index (κ1) is 27.6. The molecule has 35 heavy (non-hydrogen) atoms. The van der Waals surface area contributed by atoms with Gasteiger partial charge in [-0.15, -0.1) is 16.4 Å². The van der Waals surface area contributed by atoms with Crippen molar-refractivity contribution in [3.63, 3.8) is 0 Å². The molecule has 14 heteroatoms. The van der Waals surface area contributed by atoms with Gasteiger partial charge in [0.2, 0.25) is 5.69 Å². The lowest BCUT2D eigenvalue weighted by molar-refractivity contribution is -0.438. The molecule has 0 saturated carbocycles. The fourth-order valence-corrected chi connectivity index (χ4v) is 3.59. The second-order valence-electron chi connectivity index (χ2n) is 7.00. The first-order valence-corrected chi connectivity index (χ1v) is 10.4. The van der Waals surface area contributed by atoms with Gasteiger partial charge in [0.1, 0.15) is 11.7 Å². The lowest BCUT2D eigenvalue weighted by Crippen LogP contribution is -2.37. The molecule has 3 aromatic rings. The monoisotopic (exact) mass is 521 g/mol. The van der Waals surface area contributed by atoms with Crippen LogP contribution in [0, 0.1) is 0 Å². The minimum Gasteiger partial charge on any atom is -0.542 e. The van der Waals surface area contributed by atoms with Crippen LogP contribution in [0.5, 0.6) is 0 Å². The molecule has 0 aliphatic carbocycles. The predicted molar refractivity (Wildman–Crippen MR) is 109 cm³/mol. The van der Waals surface area contributed by atoms with Crippen molar-refractivity contribution < 1.29 is 50.9 Å². The molecule has 2 heterocycles. The Kier molecular flexibility index (Phi) is 8.44. The maximum absolute atomic E-state index is 12.6.